The summed E-state index contributed by atoms with van der Waals surface area (Å²) in [6.07, 6.45) is 3.10. The van der Waals surface area contributed by atoms with Crippen LogP contribution in [-0.4, -0.2) is 43.8 Å². The number of aryl methyl sites for hydroxylation is 1. The van der Waals surface area contributed by atoms with E-state index in [2.05, 4.69) is 12.1 Å². The molecule has 1 fully saturated rings. The summed E-state index contributed by atoms with van der Waals surface area (Å²) >= 11 is 0. The topological polar surface area (TPSA) is 40.6 Å². The fourth-order valence-electron chi connectivity index (χ4n) is 3.63. The van der Waals surface area contributed by atoms with Crippen LogP contribution in [0, 0.1) is 5.92 Å². The zero-order chi connectivity index (χ0) is 19.2. The molecule has 0 aromatic heterocycles. The van der Waals surface area contributed by atoms with Crippen molar-refractivity contribution in [2.75, 3.05) is 32.1 Å². The van der Waals surface area contributed by atoms with Crippen LogP contribution in [0.4, 0.5) is 5.69 Å². The molecule has 0 saturated carbocycles. The highest BCUT2D eigenvalue weighted by atomic mass is 16.2. The second-order valence-electron chi connectivity index (χ2n) is 7.48. The minimum absolute atomic E-state index is 0.0286. The van der Waals surface area contributed by atoms with Crippen molar-refractivity contribution >= 4 is 17.4 Å². The van der Waals surface area contributed by atoms with Crippen molar-refractivity contribution in [1.82, 2.24) is 4.90 Å². The highest BCUT2D eigenvalue weighted by Gasteiger charge is 2.28. The summed E-state index contributed by atoms with van der Waals surface area (Å²) in [5.41, 5.74) is 2.95. The Bertz CT molecular complexity index is 769. The SMILES string of the molecule is CN(C)c1ccc(C(=O)N2CCCC(C(=O)CCc3ccccc3)C2)cc1. The van der Waals surface area contributed by atoms with Crippen molar-refractivity contribution in [1.29, 1.82) is 0 Å². The first-order chi connectivity index (χ1) is 13.0. The lowest BCUT2D eigenvalue weighted by Crippen LogP contribution is -2.42. The normalized spacial score (nSPS) is 16.8. The fraction of sp³-hybridized carbons (Fsp3) is 0.391. The van der Waals surface area contributed by atoms with E-state index in [4.69, 9.17) is 0 Å². The average molecular weight is 364 g/mol. The minimum Gasteiger partial charge on any atom is -0.378 e. The molecule has 1 aliphatic rings. The van der Waals surface area contributed by atoms with Crippen LogP contribution in [0.1, 0.15) is 35.2 Å². The maximum atomic E-state index is 12.8. The summed E-state index contributed by atoms with van der Waals surface area (Å²) in [5.74, 6) is 0.271. The maximum absolute atomic E-state index is 12.8. The molecule has 1 amide bonds. The zero-order valence-electron chi connectivity index (χ0n) is 16.2. The first-order valence-corrected chi connectivity index (χ1v) is 9.68. The van der Waals surface area contributed by atoms with Crippen LogP contribution in [0.25, 0.3) is 0 Å². The Morgan fingerprint density at radius 1 is 1.04 bits per heavy atom. The van der Waals surface area contributed by atoms with E-state index in [1.165, 1.54) is 5.56 Å². The van der Waals surface area contributed by atoms with Gasteiger partial charge in [0.15, 0.2) is 0 Å². The van der Waals surface area contributed by atoms with Crippen LogP contribution in [0.2, 0.25) is 0 Å². The van der Waals surface area contributed by atoms with Gasteiger partial charge in [-0.15, -0.1) is 0 Å². The lowest BCUT2D eigenvalue weighted by atomic mass is 9.90. The van der Waals surface area contributed by atoms with Crippen molar-refractivity contribution in [3.63, 3.8) is 0 Å². The molecular weight excluding hydrogens is 336 g/mol. The zero-order valence-corrected chi connectivity index (χ0v) is 16.2. The van der Waals surface area contributed by atoms with E-state index >= 15 is 0 Å². The Kier molecular flexibility index (Phi) is 6.28. The summed E-state index contributed by atoms with van der Waals surface area (Å²) in [7, 11) is 3.96. The van der Waals surface area contributed by atoms with Gasteiger partial charge in [0, 0.05) is 50.8 Å². The van der Waals surface area contributed by atoms with E-state index in [0.717, 1.165) is 31.5 Å². The number of benzene rings is 2. The molecule has 27 heavy (non-hydrogen) atoms. The molecule has 2 aromatic rings. The average Bonchev–Trinajstić information content (AvgIpc) is 2.72. The van der Waals surface area contributed by atoms with Crippen LogP contribution < -0.4 is 4.90 Å². The number of amides is 1. The summed E-state index contributed by atoms with van der Waals surface area (Å²) in [5, 5.41) is 0. The Morgan fingerprint density at radius 2 is 1.74 bits per heavy atom. The van der Waals surface area contributed by atoms with Gasteiger partial charge in [-0.3, -0.25) is 9.59 Å². The molecule has 0 aliphatic carbocycles. The van der Waals surface area contributed by atoms with Gasteiger partial charge < -0.3 is 9.80 Å². The van der Waals surface area contributed by atoms with Crippen LogP contribution >= 0.6 is 0 Å². The molecule has 0 radical (unpaired) electrons. The molecule has 4 heteroatoms. The molecule has 0 spiro atoms. The van der Waals surface area contributed by atoms with Crippen molar-refractivity contribution in [3.05, 3.63) is 65.7 Å². The Hall–Kier alpha value is -2.62. The lowest BCUT2D eigenvalue weighted by Gasteiger charge is -2.32. The molecule has 1 aliphatic heterocycles. The molecule has 3 rings (SSSR count). The summed E-state index contributed by atoms with van der Waals surface area (Å²) < 4.78 is 0. The summed E-state index contributed by atoms with van der Waals surface area (Å²) in [4.78, 5) is 29.3. The van der Waals surface area contributed by atoms with Crippen LogP contribution in [0.3, 0.4) is 0 Å². The van der Waals surface area contributed by atoms with Crippen molar-refractivity contribution in [2.45, 2.75) is 25.7 Å². The first kappa shape index (κ1) is 19.2. The highest BCUT2D eigenvalue weighted by molar-refractivity contribution is 5.95. The van der Waals surface area contributed by atoms with Gasteiger partial charge in [-0.1, -0.05) is 30.3 Å². The number of ketones is 1. The maximum Gasteiger partial charge on any atom is 0.253 e. The van der Waals surface area contributed by atoms with E-state index in [1.54, 1.807) is 0 Å². The van der Waals surface area contributed by atoms with Gasteiger partial charge >= 0.3 is 0 Å². The molecule has 1 unspecified atom stereocenters. The third-order valence-electron chi connectivity index (χ3n) is 5.30. The van der Waals surface area contributed by atoms with E-state index in [1.807, 2.05) is 66.4 Å². The summed E-state index contributed by atoms with van der Waals surface area (Å²) in [6, 6.07) is 17.8. The largest absolute Gasteiger partial charge is 0.378 e. The van der Waals surface area contributed by atoms with E-state index in [0.29, 0.717) is 18.5 Å². The van der Waals surface area contributed by atoms with Gasteiger partial charge in [0.05, 0.1) is 0 Å². The van der Waals surface area contributed by atoms with Crippen molar-refractivity contribution < 1.29 is 9.59 Å². The third-order valence-corrected chi connectivity index (χ3v) is 5.30. The van der Waals surface area contributed by atoms with Gasteiger partial charge in [0.2, 0.25) is 0 Å². The number of carbonyl (C=O) groups excluding carboxylic acids is 2. The predicted octanol–water partition coefficient (Wildman–Crippen LogP) is 3.81. The molecule has 4 nitrogen and oxygen atoms in total. The first-order valence-electron chi connectivity index (χ1n) is 9.68. The van der Waals surface area contributed by atoms with Gasteiger partial charge in [0.25, 0.3) is 5.91 Å². The van der Waals surface area contributed by atoms with Gasteiger partial charge in [-0.25, -0.2) is 0 Å². The lowest BCUT2D eigenvalue weighted by molar-refractivity contribution is -0.124. The second kappa shape index (κ2) is 8.85. The van der Waals surface area contributed by atoms with E-state index < -0.39 is 0 Å². The number of piperidine rings is 1. The van der Waals surface area contributed by atoms with E-state index in [9.17, 15) is 9.59 Å². The van der Waals surface area contributed by atoms with Crippen molar-refractivity contribution in [2.24, 2.45) is 5.92 Å². The molecule has 0 N–H and O–H groups in total. The summed E-state index contributed by atoms with van der Waals surface area (Å²) in [6.45, 7) is 1.28. The number of hydrogen-bond donors (Lipinski definition) is 0. The van der Waals surface area contributed by atoms with Crippen LogP contribution in [0.15, 0.2) is 54.6 Å². The van der Waals surface area contributed by atoms with Crippen molar-refractivity contribution in [3.8, 4) is 0 Å². The standard InChI is InChI=1S/C23H28N2O2/c1-24(2)21-13-11-19(12-14-21)23(27)25-16-6-9-20(17-25)22(26)15-10-18-7-4-3-5-8-18/h3-5,7-8,11-14,20H,6,9-10,15-17H2,1-2H3. The van der Waals surface area contributed by atoms with E-state index in [-0.39, 0.29) is 17.6 Å². The molecule has 1 atom stereocenters. The Balaban J connectivity index is 1.58. The molecule has 0 bridgehead atoms. The Morgan fingerprint density at radius 3 is 2.41 bits per heavy atom. The molecule has 1 saturated heterocycles. The van der Waals surface area contributed by atoms with Gasteiger partial charge in [-0.2, -0.15) is 0 Å². The minimum atomic E-state index is -0.0348. The number of nitrogens with zero attached hydrogens (tertiary/aromatic N) is 2. The predicted molar refractivity (Wildman–Crippen MR) is 109 cm³/mol. The monoisotopic (exact) mass is 364 g/mol. The third kappa shape index (κ3) is 4.97. The Labute approximate surface area is 161 Å². The number of Topliss-reactive ketones (excluding diaryl/α,β-unsaturated/α-hetero) is 1. The van der Waals surface area contributed by atoms with Gasteiger partial charge in [0.1, 0.15) is 5.78 Å². The number of anilines is 1. The smallest absolute Gasteiger partial charge is 0.253 e. The molecule has 2 aromatic carbocycles. The number of hydrogen-bond acceptors (Lipinski definition) is 3. The van der Waals surface area contributed by atoms with Crippen LogP contribution in [0.5, 0.6) is 0 Å². The molecule has 1 heterocycles. The number of likely N-dealkylation sites (tertiary alicyclic amines) is 1. The number of carbonyl (C=O) groups is 2. The highest BCUT2D eigenvalue weighted by Crippen LogP contribution is 2.22. The van der Waals surface area contributed by atoms with Gasteiger partial charge in [-0.05, 0) is 49.1 Å². The molecule has 142 valence electrons. The second-order valence-corrected chi connectivity index (χ2v) is 7.48. The fourth-order valence-corrected chi connectivity index (χ4v) is 3.63. The number of rotatable bonds is 6. The quantitative estimate of drug-likeness (QED) is 0.783. The van der Waals surface area contributed by atoms with Crippen LogP contribution in [-0.2, 0) is 11.2 Å². The molecular formula is C23H28N2O2.